The van der Waals surface area contributed by atoms with Crippen LogP contribution in [0.25, 0.3) is 0 Å². The van der Waals surface area contributed by atoms with Gasteiger partial charge in [-0.3, -0.25) is 4.79 Å². The zero-order valence-electron chi connectivity index (χ0n) is 12.4. The van der Waals surface area contributed by atoms with Crippen LogP contribution >= 0.6 is 35.6 Å². The minimum Gasteiger partial charge on any atom is -0.484 e. The van der Waals surface area contributed by atoms with Gasteiger partial charge in [-0.05, 0) is 44.4 Å². The van der Waals surface area contributed by atoms with Crippen LogP contribution < -0.4 is 10.5 Å². The molecule has 1 aromatic carbocycles. The van der Waals surface area contributed by atoms with Crippen molar-refractivity contribution < 1.29 is 9.53 Å². The summed E-state index contributed by atoms with van der Waals surface area (Å²) < 4.78 is 5.51. The minimum absolute atomic E-state index is 0. The monoisotopic (exact) mass is 366 g/mol. The predicted octanol–water partition coefficient (Wildman–Crippen LogP) is 3.52. The molecule has 0 spiro atoms. The van der Waals surface area contributed by atoms with Crippen molar-refractivity contribution in [2.24, 2.45) is 5.73 Å². The second-order valence-corrected chi connectivity index (χ2v) is 6.28. The van der Waals surface area contributed by atoms with Gasteiger partial charge in [0, 0.05) is 28.7 Å². The van der Waals surface area contributed by atoms with E-state index >= 15 is 0 Å². The molecule has 0 bridgehead atoms. The lowest BCUT2D eigenvalue weighted by Crippen LogP contribution is -2.52. The summed E-state index contributed by atoms with van der Waals surface area (Å²) in [6.45, 7) is 2.65. The van der Waals surface area contributed by atoms with Crippen LogP contribution in [-0.2, 0) is 4.79 Å². The number of nitrogens with zero attached hydrogens (tertiary/aromatic N) is 1. The lowest BCUT2D eigenvalue weighted by atomic mass is 9.97. The molecule has 0 saturated carbocycles. The van der Waals surface area contributed by atoms with Crippen LogP contribution in [0, 0.1) is 0 Å². The average molecular weight is 368 g/mol. The third kappa shape index (κ3) is 5.20. The largest absolute Gasteiger partial charge is 0.484 e. The van der Waals surface area contributed by atoms with E-state index in [2.05, 4.69) is 0 Å². The van der Waals surface area contributed by atoms with Gasteiger partial charge in [0.1, 0.15) is 5.75 Å². The number of carbonyl (C=O) groups is 1. The van der Waals surface area contributed by atoms with Gasteiger partial charge in [-0.25, -0.2) is 0 Å². The van der Waals surface area contributed by atoms with Crippen molar-refractivity contribution in [3.05, 3.63) is 28.2 Å². The smallest absolute Gasteiger partial charge is 0.260 e. The Morgan fingerprint density at radius 2 is 2.00 bits per heavy atom. The van der Waals surface area contributed by atoms with E-state index in [0.29, 0.717) is 15.8 Å². The number of amides is 1. The average Bonchev–Trinajstić information content (AvgIpc) is 2.43. The molecule has 1 amide bonds. The lowest BCUT2D eigenvalue weighted by Gasteiger charge is -2.38. The van der Waals surface area contributed by atoms with E-state index in [9.17, 15) is 4.79 Å². The zero-order chi connectivity index (χ0) is 15.4. The first-order valence-corrected chi connectivity index (χ1v) is 7.87. The third-order valence-electron chi connectivity index (χ3n) is 3.67. The minimum atomic E-state index is -0.0481. The van der Waals surface area contributed by atoms with Gasteiger partial charge in [0.15, 0.2) is 6.61 Å². The van der Waals surface area contributed by atoms with Crippen molar-refractivity contribution in [1.82, 2.24) is 4.90 Å². The molecular weight excluding hydrogens is 347 g/mol. The summed E-state index contributed by atoms with van der Waals surface area (Å²) in [6, 6.07) is 4.96. The predicted molar refractivity (Wildman–Crippen MR) is 92.2 cm³/mol. The Labute approximate surface area is 147 Å². The Balaban J connectivity index is 0.00000242. The number of likely N-dealkylation sites (tertiary alicyclic amines) is 1. The second-order valence-electron chi connectivity index (χ2n) is 5.40. The molecule has 22 heavy (non-hydrogen) atoms. The third-order valence-corrected chi connectivity index (χ3v) is 4.11. The van der Waals surface area contributed by atoms with Crippen molar-refractivity contribution in [3.63, 3.8) is 0 Å². The maximum Gasteiger partial charge on any atom is 0.260 e. The fourth-order valence-electron chi connectivity index (χ4n) is 2.65. The fourth-order valence-corrected chi connectivity index (χ4v) is 3.16. The topological polar surface area (TPSA) is 55.6 Å². The molecule has 2 rings (SSSR count). The molecule has 0 aromatic heterocycles. The van der Waals surface area contributed by atoms with E-state index in [1.807, 2.05) is 11.8 Å². The van der Waals surface area contributed by atoms with Gasteiger partial charge < -0.3 is 15.4 Å². The van der Waals surface area contributed by atoms with Crippen LogP contribution in [0.1, 0.15) is 26.2 Å². The summed E-state index contributed by atoms with van der Waals surface area (Å²) in [4.78, 5) is 14.2. The number of hydrogen-bond donors (Lipinski definition) is 1. The van der Waals surface area contributed by atoms with E-state index < -0.39 is 0 Å². The van der Waals surface area contributed by atoms with Crippen molar-refractivity contribution in [3.8, 4) is 5.75 Å². The molecule has 1 saturated heterocycles. The second kappa shape index (κ2) is 8.82. The maximum absolute atomic E-state index is 12.3. The van der Waals surface area contributed by atoms with Gasteiger partial charge in [-0.1, -0.05) is 23.2 Å². The normalized spacial score (nSPS) is 19.3. The standard InChI is InChI=1S/C15H20Cl2N2O2.ClH/c1-10(18)14-4-2-3-5-19(14)15(20)9-21-13-7-11(16)6-12(17)8-13;/h6-8,10,14H,2-5,9,18H2,1H3;1H. The van der Waals surface area contributed by atoms with Gasteiger partial charge in [-0.15, -0.1) is 12.4 Å². The van der Waals surface area contributed by atoms with Crippen molar-refractivity contribution in [2.45, 2.75) is 38.3 Å². The van der Waals surface area contributed by atoms with Gasteiger partial charge in [0.2, 0.25) is 0 Å². The summed E-state index contributed by atoms with van der Waals surface area (Å²) >= 11 is 11.8. The van der Waals surface area contributed by atoms with Crippen molar-refractivity contribution in [1.29, 1.82) is 0 Å². The van der Waals surface area contributed by atoms with Crippen molar-refractivity contribution in [2.75, 3.05) is 13.2 Å². The highest BCUT2D eigenvalue weighted by molar-refractivity contribution is 6.34. The number of benzene rings is 1. The molecule has 2 N–H and O–H groups in total. The molecule has 0 aliphatic carbocycles. The first kappa shape index (κ1) is 19.4. The van der Waals surface area contributed by atoms with E-state index in [4.69, 9.17) is 33.7 Å². The van der Waals surface area contributed by atoms with Gasteiger partial charge in [0.05, 0.1) is 0 Å². The molecule has 1 heterocycles. The Morgan fingerprint density at radius 1 is 1.36 bits per heavy atom. The Kier molecular flexibility index (Phi) is 7.77. The van der Waals surface area contributed by atoms with Gasteiger partial charge in [0.25, 0.3) is 5.91 Å². The SMILES string of the molecule is CC(N)C1CCCCN1C(=O)COc1cc(Cl)cc(Cl)c1.Cl. The summed E-state index contributed by atoms with van der Waals surface area (Å²) in [7, 11) is 0. The molecule has 2 atom stereocenters. The molecule has 124 valence electrons. The molecular formula is C15H21Cl3N2O2. The summed E-state index contributed by atoms with van der Waals surface area (Å²) in [5, 5.41) is 0.966. The number of rotatable bonds is 4. The van der Waals surface area contributed by atoms with E-state index in [0.717, 1.165) is 25.8 Å². The van der Waals surface area contributed by atoms with Crippen LogP contribution in [0.5, 0.6) is 5.75 Å². The molecule has 1 aliphatic rings. The highest BCUT2D eigenvalue weighted by atomic mass is 35.5. The summed E-state index contributed by atoms with van der Waals surface area (Å²) in [6.07, 6.45) is 3.07. The molecule has 0 radical (unpaired) electrons. The Bertz CT molecular complexity index is 491. The molecule has 7 heteroatoms. The quantitative estimate of drug-likeness (QED) is 0.886. The number of hydrogen-bond acceptors (Lipinski definition) is 3. The molecule has 1 fully saturated rings. The van der Waals surface area contributed by atoms with Crippen LogP contribution in [0.3, 0.4) is 0 Å². The van der Waals surface area contributed by atoms with Crippen LogP contribution in [0.4, 0.5) is 0 Å². The number of carbonyl (C=O) groups excluding carboxylic acids is 1. The van der Waals surface area contributed by atoms with E-state index in [-0.39, 0.29) is 37.0 Å². The number of nitrogens with two attached hydrogens (primary N) is 1. The number of ether oxygens (including phenoxy) is 1. The first-order chi connectivity index (χ1) is 9.97. The summed E-state index contributed by atoms with van der Waals surface area (Å²) in [5.74, 6) is 0.448. The van der Waals surface area contributed by atoms with E-state index in [1.165, 1.54) is 0 Å². The van der Waals surface area contributed by atoms with E-state index in [1.54, 1.807) is 18.2 Å². The Morgan fingerprint density at radius 3 is 2.59 bits per heavy atom. The highest BCUT2D eigenvalue weighted by Gasteiger charge is 2.29. The van der Waals surface area contributed by atoms with Crippen LogP contribution in [0.2, 0.25) is 10.0 Å². The van der Waals surface area contributed by atoms with Crippen LogP contribution in [-0.4, -0.2) is 36.0 Å². The van der Waals surface area contributed by atoms with Crippen LogP contribution in [0.15, 0.2) is 18.2 Å². The highest BCUT2D eigenvalue weighted by Crippen LogP contribution is 2.24. The Hall–Kier alpha value is -0.680. The number of halogens is 3. The zero-order valence-corrected chi connectivity index (χ0v) is 14.8. The summed E-state index contributed by atoms with van der Waals surface area (Å²) in [5.41, 5.74) is 5.97. The molecule has 1 aromatic rings. The number of piperidine rings is 1. The van der Waals surface area contributed by atoms with Crippen molar-refractivity contribution >= 4 is 41.5 Å². The molecule has 1 aliphatic heterocycles. The fraction of sp³-hybridized carbons (Fsp3) is 0.533. The molecule has 4 nitrogen and oxygen atoms in total. The van der Waals surface area contributed by atoms with Gasteiger partial charge in [-0.2, -0.15) is 0 Å². The van der Waals surface area contributed by atoms with Gasteiger partial charge >= 0.3 is 0 Å². The lowest BCUT2D eigenvalue weighted by molar-refractivity contribution is -0.137. The molecule has 2 unspecified atom stereocenters. The maximum atomic E-state index is 12.3. The first-order valence-electron chi connectivity index (χ1n) is 7.11.